The molecule has 15 heavy (non-hydrogen) atoms. The van der Waals surface area contributed by atoms with Crippen LogP contribution < -0.4 is 5.32 Å². The maximum atomic E-state index is 11.6. The highest BCUT2D eigenvalue weighted by Crippen LogP contribution is 1.96. The third-order valence-corrected chi connectivity index (χ3v) is 2.74. The van der Waals surface area contributed by atoms with Crippen molar-refractivity contribution >= 4 is 5.91 Å². The molecule has 1 atom stereocenters. The first-order chi connectivity index (χ1) is 7.11. The van der Waals surface area contributed by atoms with E-state index in [1.165, 1.54) is 12.8 Å². The number of carbonyl (C=O) groups excluding carboxylic acids is 1. The van der Waals surface area contributed by atoms with E-state index in [1.54, 1.807) is 0 Å². The molecule has 1 N–H and O–H groups in total. The average molecular weight is 214 g/mol. The Kier molecular flexibility index (Phi) is 8.38. The van der Waals surface area contributed by atoms with Gasteiger partial charge >= 0.3 is 0 Å². The molecule has 0 aromatic heterocycles. The zero-order valence-electron chi connectivity index (χ0n) is 10.7. The van der Waals surface area contributed by atoms with Crippen LogP contribution in [-0.2, 0) is 4.79 Å². The molecule has 0 aliphatic heterocycles. The first kappa shape index (κ1) is 14.4. The van der Waals surface area contributed by atoms with Crippen molar-refractivity contribution < 1.29 is 4.79 Å². The van der Waals surface area contributed by atoms with Gasteiger partial charge in [-0.05, 0) is 19.8 Å². The standard InChI is InChI=1S/C12H26N2O/c1-5-7-8-9-14(4)12(15)10-13-11(3)6-2/h11,13H,5-10H2,1-4H3. The summed E-state index contributed by atoms with van der Waals surface area (Å²) in [6.07, 6.45) is 4.58. The second-order valence-corrected chi connectivity index (χ2v) is 4.21. The van der Waals surface area contributed by atoms with E-state index in [4.69, 9.17) is 0 Å². The van der Waals surface area contributed by atoms with E-state index in [1.807, 2.05) is 11.9 Å². The van der Waals surface area contributed by atoms with Gasteiger partial charge in [-0.1, -0.05) is 26.7 Å². The van der Waals surface area contributed by atoms with Gasteiger partial charge in [0.15, 0.2) is 0 Å². The highest BCUT2D eigenvalue weighted by atomic mass is 16.2. The van der Waals surface area contributed by atoms with Crippen LogP contribution in [0.2, 0.25) is 0 Å². The van der Waals surface area contributed by atoms with Crippen molar-refractivity contribution in [2.24, 2.45) is 0 Å². The Morgan fingerprint density at radius 1 is 1.33 bits per heavy atom. The third-order valence-electron chi connectivity index (χ3n) is 2.74. The Morgan fingerprint density at radius 2 is 2.00 bits per heavy atom. The summed E-state index contributed by atoms with van der Waals surface area (Å²) in [5.74, 6) is 0.200. The Hall–Kier alpha value is -0.570. The molecule has 0 aliphatic carbocycles. The van der Waals surface area contributed by atoms with Crippen LogP contribution >= 0.6 is 0 Å². The summed E-state index contributed by atoms with van der Waals surface area (Å²) in [6.45, 7) is 7.75. The van der Waals surface area contributed by atoms with E-state index in [-0.39, 0.29) is 5.91 Å². The Labute approximate surface area is 94.2 Å². The first-order valence-corrected chi connectivity index (χ1v) is 6.09. The summed E-state index contributed by atoms with van der Waals surface area (Å²) in [4.78, 5) is 13.4. The number of amides is 1. The summed E-state index contributed by atoms with van der Waals surface area (Å²) >= 11 is 0. The molecule has 0 saturated carbocycles. The molecule has 0 radical (unpaired) electrons. The lowest BCUT2D eigenvalue weighted by Crippen LogP contribution is -2.39. The number of hydrogen-bond donors (Lipinski definition) is 1. The molecule has 0 aliphatic rings. The van der Waals surface area contributed by atoms with Crippen LogP contribution in [0.4, 0.5) is 0 Å². The van der Waals surface area contributed by atoms with Crippen molar-refractivity contribution in [3.8, 4) is 0 Å². The smallest absolute Gasteiger partial charge is 0.236 e. The number of rotatable bonds is 8. The van der Waals surface area contributed by atoms with Crippen LogP contribution in [0.1, 0.15) is 46.5 Å². The fraction of sp³-hybridized carbons (Fsp3) is 0.917. The molecule has 0 rings (SSSR count). The lowest BCUT2D eigenvalue weighted by molar-refractivity contribution is -0.129. The fourth-order valence-electron chi connectivity index (χ4n) is 1.26. The van der Waals surface area contributed by atoms with Crippen LogP contribution in [0.3, 0.4) is 0 Å². The first-order valence-electron chi connectivity index (χ1n) is 6.09. The number of nitrogens with zero attached hydrogens (tertiary/aromatic N) is 1. The van der Waals surface area contributed by atoms with E-state index >= 15 is 0 Å². The zero-order chi connectivity index (χ0) is 11.7. The molecule has 0 saturated heterocycles. The molecule has 0 aromatic rings. The van der Waals surface area contributed by atoms with Crippen LogP contribution in [0.5, 0.6) is 0 Å². The second kappa shape index (κ2) is 8.72. The van der Waals surface area contributed by atoms with Gasteiger partial charge in [0.2, 0.25) is 5.91 Å². The van der Waals surface area contributed by atoms with Gasteiger partial charge in [0.05, 0.1) is 6.54 Å². The summed E-state index contributed by atoms with van der Waals surface area (Å²) in [6, 6.07) is 0.429. The largest absolute Gasteiger partial charge is 0.345 e. The molecule has 1 amide bonds. The fourth-order valence-corrected chi connectivity index (χ4v) is 1.26. The number of nitrogens with one attached hydrogen (secondary N) is 1. The third kappa shape index (κ3) is 7.37. The van der Waals surface area contributed by atoms with Crippen LogP contribution in [0, 0.1) is 0 Å². The Balaban J connectivity index is 3.60. The highest BCUT2D eigenvalue weighted by Gasteiger charge is 2.08. The SMILES string of the molecule is CCCCCN(C)C(=O)CNC(C)CC. The molecule has 0 aromatic carbocycles. The Morgan fingerprint density at radius 3 is 2.53 bits per heavy atom. The van der Waals surface area contributed by atoms with Crippen molar-refractivity contribution in [1.29, 1.82) is 0 Å². The number of hydrogen-bond acceptors (Lipinski definition) is 2. The summed E-state index contributed by atoms with van der Waals surface area (Å²) < 4.78 is 0. The van der Waals surface area contributed by atoms with E-state index in [2.05, 4.69) is 26.1 Å². The topological polar surface area (TPSA) is 32.3 Å². The summed E-state index contributed by atoms with van der Waals surface area (Å²) in [7, 11) is 1.89. The van der Waals surface area contributed by atoms with Crippen molar-refractivity contribution in [2.45, 2.75) is 52.5 Å². The molecule has 0 bridgehead atoms. The van der Waals surface area contributed by atoms with Crippen LogP contribution in [0.15, 0.2) is 0 Å². The van der Waals surface area contributed by atoms with E-state index in [0.717, 1.165) is 19.4 Å². The van der Waals surface area contributed by atoms with Crippen molar-refractivity contribution in [3.05, 3.63) is 0 Å². The monoisotopic (exact) mass is 214 g/mol. The van der Waals surface area contributed by atoms with Gasteiger partial charge in [0, 0.05) is 19.6 Å². The van der Waals surface area contributed by atoms with Gasteiger partial charge < -0.3 is 10.2 Å². The van der Waals surface area contributed by atoms with Crippen molar-refractivity contribution in [1.82, 2.24) is 10.2 Å². The lowest BCUT2D eigenvalue weighted by atomic mass is 10.2. The average Bonchev–Trinajstić information content (AvgIpc) is 2.25. The quantitative estimate of drug-likeness (QED) is 0.627. The number of carbonyl (C=O) groups is 1. The molecule has 1 unspecified atom stereocenters. The molecule has 0 fully saturated rings. The number of likely N-dealkylation sites (N-methyl/N-ethyl adjacent to an activating group) is 1. The van der Waals surface area contributed by atoms with Crippen LogP contribution in [0.25, 0.3) is 0 Å². The zero-order valence-corrected chi connectivity index (χ0v) is 10.7. The van der Waals surface area contributed by atoms with Gasteiger partial charge in [0.1, 0.15) is 0 Å². The predicted octanol–water partition coefficient (Wildman–Crippen LogP) is 2.02. The van der Waals surface area contributed by atoms with Gasteiger partial charge in [-0.3, -0.25) is 4.79 Å². The minimum absolute atomic E-state index is 0.200. The molecule has 3 heteroatoms. The second-order valence-electron chi connectivity index (χ2n) is 4.21. The molecular weight excluding hydrogens is 188 g/mol. The molecule has 0 heterocycles. The van der Waals surface area contributed by atoms with Crippen molar-refractivity contribution in [2.75, 3.05) is 20.1 Å². The summed E-state index contributed by atoms with van der Waals surface area (Å²) in [5.41, 5.74) is 0. The molecule has 0 spiro atoms. The van der Waals surface area contributed by atoms with Gasteiger partial charge in [-0.15, -0.1) is 0 Å². The van der Waals surface area contributed by atoms with E-state index < -0.39 is 0 Å². The highest BCUT2D eigenvalue weighted by molar-refractivity contribution is 5.77. The van der Waals surface area contributed by atoms with Gasteiger partial charge in [-0.25, -0.2) is 0 Å². The maximum Gasteiger partial charge on any atom is 0.236 e. The molecular formula is C12H26N2O. The Bertz CT molecular complexity index is 171. The minimum Gasteiger partial charge on any atom is -0.345 e. The van der Waals surface area contributed by atoms with Crippen LogP contribution in [-0.4, -0.2) is 37.0 Å². The van der Waals surface area contributed by atoms with Gasteiger partial charge in [0.25, 0.3) is 0 Å². The van der Waals surface area contributed by atoms with Crippen molar-refractivity contribution in [3.63, 3.8) is 0 Å². The van der Waals surface area contributed by atoms with E-state index in [0.29, 0.717) is 12.6 Å². The number of unbranched alkanes of at least 4 members (excludes halogenated alkanes) is 2. The lowest BCUT2D eigenvalue weighted by Gasteiger charge is -2.18. The predicted molar refractivity (Wildman–Crippen MR) is 64.9 cm³/mol. The minimum atomic E-state index is 0.200. The molecule has 3 nitrogen and oxygen atoms in total. The molecule has 90 valence electrons. The maximum absolute atomic E-state index is 11.6. The normalized spacial score (nSPS) is 12.5. The van der Waals surface area contributed by atoms with Gasteiger partial charge in [-0.2, -0.15) is 0 Å². The van der Waals surface area contributed by atoms with E-state index in [9.17, 15) is 4.79 Å². The summed E-state index contributed by atoms with van der Waals surface area (Å²) in [5, 5.41) is 3.21.